The van der Waals surface area contributed by atoms with Crippen molar-refractivity contribution in [3.8, 4) is 5.75 Å². The van der Waals surface area contributed by atoms with E-state index in [0.717, 1.165) is 16.5 Å². The normalized spacial score (nSPS) is 19.6. The van der Waals surface area contributed by atoms with Crippen LogP contribution in [0.25, 0.3) is 10.9 Å². The number of carbonyl (C=O) groups is 1. The second kappa shape index (κ2) is 8.39. The van der Waals surface area contributed by atoms with Crippen LogP contribution in [0.2, 0.25) is 0 Å². The zero-order valence-electron chi connectivity index (χ0n) is 19.2. The highest BCUT2D eigenvalue weighted by molar-refractivity contribution is 5.99. The number of alkyl halides is 3. The SMILES string of the molecule is CC1(C)OCc2c1c(N)nc1ccc(C(=O)N3CCOC[C@@H]3c3ccc(OC(F)(F)F)cc3)cc21. The van der Waals surface area contributed by atoms with E-state index in [1.165, 1.54) is 24.3 Å². The molecule has 2 aliphatic rings. The van der Waals surface area contributed by atoms with Gasteiger partial charge < -0.3 is 24.8 Å². The lowest BCUT2D eigenvalue weighted by atomic mass is 9.93. The molecule has 1 atom stereocenters. The number of benzene rings is 2. The van der Waals surface area contributed by atoms with Crippen LogP contribution in [0, 0.1) is 0 Å². The highest BCUT2D eigenvalue weighted by Crippen LogP contribution is 2.42. The van der Waals surface area contributed by atoms with Gasteiger partial charge in [-0.05, 0) is 55.3 Å². The first kappa shape index (κ1) is 23.4. The monoisotopic (exact) mass is 487 g/mol. The molecule has 1 aromatic heterocycles. The highest BCUT2D eigenvalue weighted by Gasteiger charge is 2.36. The Morgan fingerprint density at radius 1 is 1.20 bits per heavy atom. The first-order valence-electron chi connectivity index (χ1n) is 11.1. The van der Waals surface area contributed by atoms with E-state index < -0.39 is 18.0 Å². The summed E-state index contributed by atoms with van der Waals surface area (Å²) < 4.78 is 52.9. The molecule has 1 amide bonds. The smallest absolute Gasteiger partial charge is 0.406 e. The van der Waals surface area contributed by atoms with Gasteiger partial charge in [0.1, 0.15) is 11.6 Å². The van der Waals surface area contributed by atoms with E-state index in [1.54, 1.807) is 23.1 Å². The average Bonchev–Trinajstić information content (AvgIpc) is 3.14. The molecule has 3 aromatic rings. The van der Waals surface area contributed by atoms with Crippen LogP contribution >= 0.6 is 0 Å². The Morgan fingerprint density at radius 3 is 2.66 bits per heavy atom. The molecule has 35 heavy (non-hydrogen) atoms. The van der Waals surface area contributed by atoms with E-state index in [0.29, 0.717) is 42.2 Å². The lowest BCUT2D eigenvalue weighted by molar-refractivity contribution is -0.274. The van der Waals surface area contributed by atoms with Crippen LogP contribution < -0.4 is 10.5 Å². The minimum atomic E-state index is -4.77. The third-order valence-corrected chi connectivity index (χ3v) is 6.43. The Kier molecular flexibility index (Phi) is 5.60. The fraction of sp³-hybridized carbons (Fsp3) is 0.360. The number of ether oxygens (including phenoxy) is 3. The quantitative estimate of drug-likeness (QED) is 0.577. The van der Waals surface area contributed by atoms with E-state index in [4.69, 9.17) is 15.2 Å². The van der Waals surface area contributed by atoms with Gasteiger partial charge in [-0.25, -0.2) is 4.98 Å². The maximum atomic E-state index is 13.6. The van der Waals surface area contributed by atoms with E-state index in [-0.39, 0.29) is 18.3 Å². The predicted octanol–water partition coefficient (Wildman–Crippen LogP) is 4.69. The first-order valence-corrected chi connectivity index (χ1v) is 11.1. The van der Waals surface area contributed by atoms with Gasteiger partial charge in [0.2, 0.25) is 0 Å². The molecule has 0 aliphatic carbocycles. The van der Waals surface area contributed by atoms with Gasteiger partial charge >= 0.3 is 6.36 Å². The second-order valence-corrected chi connectivity index (χ2v) is 9.09. The van der Waals surface area contributed by atoms with Gasteiger partial charge in [0.05, 0.1) is 37.0 Å². The van der Waals surface area contributed by atoms with Gasteiger partial charge in [-0.1, -0.05) is 12.1 Å². The molecule has 5 rings (SSSR count). The van der Waals surface area contributed by atoms with Crippen LogP contribution in [0.3, 0.4) is 0 Å². The van der Waals surface area contributed by atoms with Crippen molar-refractivity contribution >= 4 is 22.6 Å². The molecule has 0 saturated carbocycles. The van der Waals surface area contributed by atoms with Gasteiger partial charge in [-0.2, -0.15) is 0 Å². The Balaban J connectivity index is 1.46. The summed E-state index contributed by atoms with van der Waals surface area (Å²) in [6, 6.07) is 10.3. The summed E-state index contributed by atoms with van der Waals surface area (Å²) in [5, 5.41) is 0.809. The maximum absolute atomic E-state index is 13.6. The molecule has 2 N–H and O–H groups in total. The van der Waals surface area contributed by atoms with Crippen molar-refractivity contribution in [1.82, 2.24) is 9.88 Å². The van der Waals surface area contributed by atoms with Gasteiger partial charge in [0, 0.05) is 23.1 Å². The van der Waals surface area contributed by atoms with Crippen LogP contribution in [0.1, 0.15) is 46.9 Å². The van der Waals surface area contributed by atoms with Crippen LogP contribution in [-0.2, 0) is 21.7 Å². The fourth-order valence-electron chi connectivity index (χ4n) is 4.81. The van der Waals surface area contributed by atoms with Crippen LogP contribution in [0.4, 0.5) is 19.0 Å². The molecule has 1 saturated heterocycles. The number of amides is 1. The molecule has 184 valence electrons. The van der Waals surface area contributed by atoms with Crippen molar-refractivity contribution in [1.29, 1.82) is 0 Å². The summed E-state index contributed by atoms with van der Waals surface area (Å²) in [4.78, 5) is 19.8. The first-order chi connectivity index (χ1) is 16.5. The van der Waals surface area contributed by atoms with Crippen LogP contribution in [0.15, 0.2) is 42.5 Å². The number of nitrogens with two attached hydrogens (primary N) is 1. The van der Waals surface area contributed by atoms with Gasteiger partial charge in [0.25, 0.3) is 5.91 Å². The number of halogens is 3. The molecule has 0 radical (unpaired) electrons. The van der Waals surface area contributed by atoms with Crippen molar-refractivity contribution in [2.75, 3.05) is 25.5 Å². The van der Waals surface area contributed by atoms with E-state index in [2.05, 4.69) is 9.72 Å². The van der Waals surface area contributed by atoms with Gasteiger partial charge in [0.15, 0.2) is 0 Å². The zero-order chi connectivity index (χ0) is 25.0. The predicted molar refractivity (Wildman–Crippen MR) is 122 cm³/mol. The van der Waals surface area contributed by atoms with Crippen LogP contribution in [0.5, 0.6) is 5.75 Å². The molecular formula is C25H24F3N3O4. The number of fused-ring (bicyclic) bond motifs is 3. The molecule has 3 heterocycles. The number of hydrogen-bond acceptors (Lipinski definition) is 6. The number of nitrogen functional groups attached to an aromatic ring is 1. The van der Waals surface area contributed by atoms with Crippen molar-refractivity contribution in [3.05, 3.63) is 64.7 Å². The Bertz CT molecular complexity index is 1290. The molecular weight excluding hydrogens is 463 g/mol. The summed E-state index contributed by atoms with van der Waals surface area (Å²) in [6.45, 7) is 5.17. The Hall–Kier alpha value is -3.37. The highest BCUT2D eigenvalue weighted by atomic mass is 19.4. The molecule has 7 nitrogen and oxygen atoms in total. The molecule has 2 aliphatic heterocycles. The molecule has 2 aromatic carbocycles. The Labute approximate surface area is 199 Å². The molecule has 0 spiro atoms. The largest absolute Gasteiger partial charge is 0.573 e. The summed E-state index contributed by atoms with van der Waals surface area (Å²) in [5.41, 5.74) is 9.19. The van der Waals surface area contributed by atoms with Crippen molar-refractivity contribution in [2.24, 2.45) is 0 Å². The summed E-state index contributed by atoms with van der Waals surface area (Å²) in [7, 11) is 0. The average molecular weight is 487 g/mol. The summed E-state index contributed by atoms with van der Waals surface area (Å²) in [5.74, 6) is -0.115. The van der Waals surface area contributed by atoms with E-state index >= 15 is 0 Å². The maximum Gasteiger partial charge on any atom is 0.573 e. The molecule has 0 unspecified atom stereocenters. The zero-order valence-corrected chi connectivity index (χ0v) is 19.2. The van der Waals surface area contributed by atoms with Gasteiger partial charge in [-0.3, -0.25) is 4.79 Å². The number of hydrogen-bond donors (Lipinski definition) is 1. The topological polar surface area (TPSA) is 86.9 Å². The van der Waals surface area contributed by atoms with E-state index in [9.17, 15) is 18.0 Å². The lowest BCUT2D eigenvalue weighted by Crippen LogP contribution is -2.43. The van der Waals surface area contributed by atoms with Crippen LogP contribution in [-0.4, -0.2) is 41.9 Å². The number of anilines is 1. The standard InChI is InChI=1S/C25H24F3N3O4/c1-24(2)21-18(12-34-24)17-11-15(5-8-19(17)30-22(21)29)23(32)31-9-10-33-13-20(31)14-3-6-16(7-4-14)35-25(26,27)28/h3-8,11,20H,9-10,12-13H2,1-2H3,(H2,29,30)/t20-/m1/s1. The summed E-state index contributed by atoms with van der Waals surface area (Å²) in [6.07, 6.45) is -4.77. The number of rotatable bonds is 3. The third kappa shape index (κ3) is 4.39. The number of nitrogens with zero attached hydrogens (tertiary/aromatic N) is 2. The minimum absolute atomic E-state index is 0.209. The minimum Gasteiger partial charge on any atom is -0.406 e. The summed E-state index contributed by atoms with van der Waals surface area (Å²) >= 11 is 0. The number of morpholine rings is 1. The second-order valence-electron chi connectivity index (χ2n) is 9.09. The van der Waals surface area contributed by atoms with E-state index in [1.807, 2.05) is 13.8 Å². The molecule has 0 bridgehead atoms. The molecule has 10 heteroatoms. The molecule has 1 fully saturated rings. The third-order valence-electron chi connectivity index (χ3n) is 6.43. The number of pyridine rings is 1. The number of carbonyl (C=O) groups excluding carboxylic acids is 1. The lowest BCUT2D eigenvalue weighted by Gasteiger charge is -2.36. The van der Waals surface area contributed by atoms with Crippen molar-refractivity contribution in [2.45, 2.75) is 38.5 Å². The van der Waals surface area contributed by atoms with Crippen molar-refractivity contribution in [3.63, 3.8) is 0 Å². The Morgan fingerprint density at radius 2 is 1.94 bits per heavy atom. The van der Waals surface area contributed by atoms with Crippen molar-refractivity contribution < 1.29 is 32.2 Å². The number of aromatic nitrogens is 1. The fourth-order valence-corrected chi connectivity index (χ4v) is 4.81. The van der Waals surface area contributed by atoms with Gasteiger partial charge in [-0.15, -0.1) is 13.2 Å².